The van der Waals surface area contributed by atoms with Gasteiger partial charge in [0.25, 0.3) is 0 Å². The molecule has 5 nitrogen and oxygen atoms in total. The van der Waals surface area contributed by atoms with E-state index < -0.39 is 11.7 Å². The lowest BCUT2D eigenvalue weighted by Gasteiger charge is -2.52. The Morgan fingerprint density at radius 1 is 1.14 bits per heavy atom. The van der Waals surface area contributed by atoms with E-state index in [1.54, 1.807) is 6.07 Å². The maximum atomic E-state index is 13.0. The van der Waals surface area contributed by atoms with Crippen molar-refractivity contribution >= 4 is 18.0 Å². The van der Waals surface area contributed by atoms with Crippen molar-refractivity contribution in [3.05, 3.63) is 71.3 Å². The number of piperidine rings is 1. The van der Waals surface area contributed by atoms with Crippen LogP contribution >= 0.6 is 0 Å². The van der Waals surface area contributed by atoms with E-state index in [-0.39, 0.29) is 23.3 Å². The summed E-state index contributed by atoms with van der Waals surface area (Å²) in [6, 6.07) is 12.5. The highest BCUT2D eigenvalue weighted by Crippen LogP contribution is 2.49. The van der Waals surface area contributed by atoms with Crippen LogP contribution in [0.2, 0.25) is 0 Å². The summed E-state index contributed by atoms with van der Waals surface area (Å²) < 4.78 is 44.2. The predicted molar refractivity (Wildman–Crippen MR) is 131 cm³/mol. The van der Waals surface area contributed by atoms with Gasteiger partial charge in [-0.3, -0.25) is 9.59 Å². The molecule has 4 rings (SSSR count). The van der Waals surface area contributed by atoms with Crippen LogP contribution in [0.15, 0.2) is 54.6 Å². The van der Waals surface area contributed by atoms with Gasteiger partial charge in [0.15, 0.2) is 0 Å². The van der Waals surface area contributed by atoms with E-state index in [2.05, 4.69) is 23.3 Å². The third-order valence-corrected chi connectivity index (χ3v) is 7.39. The molecule has 1 aliphatic heterocycles. The Balaban J connectivity index is 1.50. The van der Waals surface area contributed by atoms with Crippen LogP contribution in [-0.4, -0.2) is 43.0 Å². The van der Waals surface area contributed by atoms with Gasteiger partial charge in [0.2, 0.25) is 5.91 Å². The van der Waals surface area contributed by atoms with Crippen LogP contribution < -0.4 is 10.1 Å². The summed E-state index contributed by atoms with van der Waals surface area (Å²) in [4.78, 5) is 26.5. The number of alkyl halides is 3. The molecule has 2 aromatic carbocycles. The Hall–Kier alpha value is -3.13. The lowest BCUT2D eigenvalue weighted by molar-refractivity contribution is -0.137. The van der Waals surface area contributed by atoms with Gasteiger partial charge in [-0.2, -0.15) is 13.2 Å². The number of nitrogens with zero attached hydrogens (tertiary/aromatic N) is 1. The number of carbonyl (C=O) groups is 2. The minimum atomic E-state index is -4.43. The number of halogens is 3. The van der Waals surface area contributed by atoms with Crippen molar-refractivity contribution in [2.75, 3.05) is 20.1 Å². The topological polar surface area (TPSA) is 58.6 Å². The van der Waals surface area contributed by atoms with E-state index in [0.29, 0.717) is 17.2 Å². The van der Waals surface area contributed by atoms with Crippen molar-refractivity contribution in [2.45, 2.75) is 50.2 Å². The number of benzene rings is 2. The summed E-state index contributed by atoms with van der Waals surface area (Å²) in [6.45, 7) is 3.25. The van der Waals surface area contributed by atoms with Crippen molar-refractivity contribution in [3.8, 4) is 5.75 Å². The van der Waals surface area contributed by atoms with Crippen LogP contribution in [-0.2, 0) is 21.2 Å². The molecule has 1 saturated carbocycles. The average molecular weight is 501 g/mol. The summed E-state index contributed by atoms with van der Waals surface area (Å²) >= 11 is 0. The molecule has 0 spiro atoms. The fraction of sp³-hybridized carbons (Fsp3) is 0.429. The molecule has 2 aliphatic rings. The molecule has 1 heterocycles. The largest absolute Gasteiger partial charge is 0.427 e. The fourth-order valence-corrected chi connectivity index (χ4v) is 5.71. The Labute approximate surface area is 209 Å². The number of rotatable bonds is 5. The average Bonchev–Trinajstić information content (AvgIpc) is 2.82. The van der Waals surface area contributed by atoms with E-state index >= 15 is 0 Å². The van der Waals surface area contributed by atoms with Gasteiger partial charge in [-0.05, 0) is 86.7 Å². The third kappa shape index (κ3) is 5.98. The lowest BCUT2D eigenvalue weighted by Crippen LogP contribution is -2.55. The van der Waals surface area contributed by atoms with Crippen molar-refractivity contribution in [2.24, 2.45) is 5.92 Å². The summed E-state index contributed by atoms with van der Waals surface area (Å²) in [5.74, 6) is 0.221. The van der Waals surface area contributed by atoms with E-state index in [4.69, 9.17) is 4.74 Å². The second-order valence-electron chi connectivity index (χ2n) is 9.93. The van der Waals surface area contributed by atoms with Crippen molar-refractivity contribution in [1.29, 1.82) is 0 Å². The number of fused-ring (bicyclic) bond motifs is 1. The maximum Gasteiger partial charge on any atom is 0.416 e. The molecule has 3 atom stereocenters. The highest BCUT2D eigenvalue weighted by atomic mass is 19.4. The molecule has 0 radical (unpaired) electrons. The number of likely N-dealkylation sites (tertiary alicyclic amines) is 1. The highest BCUT2D eigenvalue weighted by Gasteiger charge is 2.47. The van der Waals surface area contributed by atoms with Crippen LogP contribution in [0.3, 0.4) is 0 Å². The second kappa shape index (κ2) is 10.5. The number of amides is 1. The molecule has 1 amide bonds. The first-order valence-electron chi connectivity index (χ1n) is 12.2. The van der Waals surface area contributed by atoms with Crippen LogP contribution in [0, 0.1) is 5.92 Å². The molecule has 0 bridgehead atoms. The maximum absolute atomic E-state index is 13.0. The molecule has 8 heteroatoms. The summed E-state index contributed by atoms with van der Waals surface area (Å²) in [5.41, 5.74) is 0.517. The Morgan fingerprint density at radius 3 is 2.67 bits per heavy atom. The van der Waals surface area contributed by atoms with Gasteiger partial charge in [0.05, 0.1) is 5.56 Å². The molecule has 192 valence electrons. The van der Waals surface area contributed by atoms with Crippen LogP contribution in [0.1, 0.15) is 49.3 Å². The van der Waals surface area contributed by atoms with Gasteiger partial charge in [0.1, 0.15) is 5.75 Å². The van der Waals surface area contributed by atoms with E-state index in [0.717, 1.165) is 56.5 Å². The first-order chi connectivity index (χ1) is 17.0. The molecule has 36 heavy (non-hydrogen) atoms. The number of ether oxygens (including phenoxy) is 1. The highest BCUT2D eigenvalue weighted by molar-refractivity contribution is 5.92. The van der Waals surface area contributed by atoms with Crippen LogP contribution in [0.4, 0.5) is 13.2 Å². The molecule has 1 saturated heterocycles. The zero-order chi connectivity index (χ0) is 25.9. The normalized spacial score (nSPS) is 24.8. The standard InChI is InChI=1S/C28H31F3N2O3/c1-19(34)36-25-8-4-6-21(16-25)27-13-14-33(2)18-23(27)10-11-24(17-27)32-26(35)12-9-20-5-3-7-22(15-20)28(29,30)31/h3-9,12,15-16,23-24H,10-11,13-14,17-18H2,1-2H3,(H,32,35)/b12-9+. The van der Waals surface area contributed by atoms with Crippen molar-refractivity contribution in [1.82, 2.24) is 10.2 Å². The van der Waals surface area contributed by atoms with Gasteiger partial charge in [0, 0.05) is 31.0 Å². The molecule has 2 aromatic rings. The van der Waals surface area contributed by atoms with Crippen LogP contribution in [0.5, 0.6) is 5.75 Å². The number of hydrogen-bond acceptors (Lipinski definition) is 4. The minimum absolute atomic E-state index is 0.0688. The molecular formula is C28H31F3N2O3. The molecule has 2 fully saturated rings. The summed E-state index contributed by atoms with van der Waals surface area (Å²) in [7, 11) is 2.12. The Bertz CT molecular complexity index is 1150. The first kappa shape index (κ1) is 25.9. The Kier molecular flexibility index (Phi) is 7.54. The lowest BCUT2D eigenvalue weighted by atomic mass is 9.58. The molecule has 0 aromatic heterocycles. The fourth-order valence-electron chi connectivity index (χ4n) is 5.71. The van der Waals surface area contributed by atoms with Gasteiger partial charge in [-0.1, -0.05) is 24.3 Å². The van der Waals surface area contributed by atoms with Gasteiger partial charge < -0.3 is 15.0 Å². The van der Waals surface area contributed by atoms with Gasteiger partial charge >= 0.3 is 12.1 Å². The van der Waals surface area contributed by atoms with E-state index in [1.807, 2.05) is 12.1 Å². The first-order valence-corrected chi connectivity index (χ1v) is 12.2. The minimum Gasteiger partial charge on any atom is -0.427 e. The summed E-state index contributed by atoms with van der Waals surface area (Å²) in [6.07, 6.45) is 1.70. The number of hydrogen-bond donors (Lipinski definition) is 1. The number of carbonyl (C=O) groups excluding carboxylic acids is 2. The number of nitrogens with one attached hydrogen (secondary N) is 1. The van der Waals surface area contributed by atoms with Crippen LogP contribution in [0.25, 0.3) is 6.08 Å². The molecule has 3 unspecified atom stereocenters. The third-order valence-electron chi connectivity index (χ3n) is 7.39. The SMILES string of the molecule is CC(=O)Oc1cccc(C23CCN(C)CC2CCC(NC(=O)/C=C/c2cccc(C(F)(F)F)c2)C3)c1. The van der Waals surface area contributed by atoms with Crippen molar-refractivity contribution < 1.29 is 27.5 Å². The van der Waals surface area contributed by atoms with Gasteiger partial charge in [-0.15, -0.1) is 0 Å². The molecule has 1 aliphatic carbocycles. The van der Waals surface area contributed by atoms with Crippen molar-refractivity contribution in [3.63, 3.8) is 0 Å². The van der Waals surface area contributed by atoms with E-state index in [1.165, 1.54) is 31.2 Å². The molecule has 1 N–H and O–H groups in total. The zero-order valence-electron chi connectivity index (χ0n) is 20.5. The summed E-state index contributed by atoms with van der Waals surface area (Å²) in [5, 5.41) is 3.07. The monoisotopic (exact) mass is 500 g/mol. The predicted octanol–water partition coefficient (Wildman–Crippen LogP) is 5.20. The van der Waals surface area contributed by atoms with Gasteiger partial charge in [-0.25, -0.2) is 0 Å². The number of esters is 1. The zero-order valence-corrected chi connectivity index (χ0v) is 20.5. The quantitative estimate of drug-likeness (QED) is 0.348. The smallest absolute Gasteiger partial charge is 0.416 e. The Morgan fingerprint density at radius 2 is 1.92 bits per heavy atom. The van der Waals surface area contributed by atoms with E-state index in [9.17, 15) is 22.8 Å². The molecular weight excluding hydrogens is 469 g/mol. The second-order valence-corrected chi connectivity index (χ2v) is 9.93.